The van der Waals surface area contributed by atoms with Gasteiger partial charge in [0.2, 0.25) is 0 Å². The third-order valence-electron chi connectivity index (χ3n) is 4.94. The number of benzene rings is 1. The Morgan fingerprint density at radius 3 is 2.48 bits per heavy atom. The highest BCUT2D eigenvalue weighted by Crippen LogP contribution is 2.34. The molecule has 12 heteroatoms. The van der Waals surface area contributed by atoms with Crippen molar-refractivity contribution in [1.82, 2.24) is 15.2 Å². The maximum absolute atomic E-state index is 14.9. The van der Waals surface area contributed by atoms with E-state index < -0.39 is 41.3 Å². The average molecular weight is 503 g/mol. The fourth-order valence-electron chi connectivity index (χ4n) is 3.56. The number of urea groups is 1. The number of hydrogen-bond acceptors (Lipinski definition) is 6. The Hall–Kier alpha value is -2.66. The molecule has 2 heterocycles. The third-order valence-corrected chi connectivity index (χ3v) is 5.97. The van der Waals surface area contributed by atoms with Crippen LogP contribution in [0.5, 0.6) is 5.75 Å². The molecule has 1 aliphatic heterocycles. The van der Waals surface area contributed by atoms with E-state index in [2.05, 4.69) is 15.6 Å². The summed E-state index contributed by atoms with van der Waals surface area (Å²) in [6.45, 7) is 5.38. The number of nitrogens with one attached hydrogen (secondary N) is 2. The summed E-state index contributed by atoms with van der Waals surface area (Å²) in [5, 5.41) is 5.58. The quantitative estimate of drug-likeness (QED) is 0.614. The van der Waals surface area contributed by atoms with Crippen LogP contribution in [0, 0.1) is 11.6 Å². The van der Waals surface area contributed by atoms with Crippen molar-refractivity contribution in [3.05, 3.63) is 39.9 Å². The SMILES string of the molecule is COc1cc(F)c(C2CN(C(=O)OC(C)(C)C)CCC2NC(=O)Nc2ncc(Cl)s2)c(F)c1. The first-order valence-corrected chi connectivity index (χ1v) is 11.4. The lowest BCUT2D eigenvalue weighted by Gasteiger charge is -2.39. The van der Waals surface area contributed by atoms with Gasteiger partial charge in [-0.25, -0.2) is 23.4 Å². The summed E-state index contributed by atoms with van der Waals surface area (Å²) in [6.07, 6.45) is 1.05. The van der Waals surface area contributed by atoms with Crippen molar-refractivity contribution in [1.29, 1.82) is 0 Å². The van der Waals surface area contributed by atoms with Gasteiger partial charge in [-0.3, -0.25) is 5.32 Å². The van der Waals surface area contributed by atoms with E-state index in [9.17, 15) is 18.4 Å². The van der Waals surface area contributed by atoms with E-state index >= 15 is 0 Å². The highest BCUT2D eigenvalue weighted by Gasteiger charge is 2.38. The van der Waals surface area contributed by atoms with Gasteiger partial charge < -0.3 is 19.7 Å². The lowest BCUT2D eigenvalue weighted by molar-refractivity contribution is 0.0177. The van der Waals surface area contributed by atoms with E-state index in [-0.39, 0.29) is 36.0 Å². The molecular weight excluding hydrogens is 478 g/mol. The first-order valence-electron chi connectivity index (χ1n) is 10.2. The number of likely N-dealkylation sites (tertiary alicyclic amines) is 1. The molecule has 33 heavy (non-hydrogen) atoms. The number of anilines is 1. The maximum atomic E-state index is 14.9. The number of hydrogen-bond donors (Lipinski definition) is 2. The van der Waals surface area contributed by atoms with Gasteiger partial charge in [-0.1, -0.05) is 22.9 Å². The molecule has 0 aliphatic carbocycles. The third kappa shape index (κ3) is 6.44. The number of amides is 3. The van der Waals surface area contributed by atoms with Gasteiger partial charge in [0, 0.05) is 42.7 Å². The lowest BCUT2D eigenvalue weighted by atomic mass is 9.85. The molecular formula is C21H25ClF2N4O4S. The highest BCUT2D eigenvalue weighted by atomic mass is 35.5. The predicted molar refractivity (Wildman–Crippen MR) is 121 cm³/mol. The van der Waals surface area contributed by atoms with Crippen LogP contribution in [0.15, 0.2) is 18.3 Å². The summed E-state index contributed by atoms with van der Waals surface area (Å²) in [5.74, 6) is -2.51. The van der Waals surface area contributed by atoms with Gasteiger partial charge in [0.1, 0.15) is 27.3 Å². The zero-order chi connectivity index (χ0) is 24.3. The Morgan fingerprint density at radius 2 is 1.94 bits per heavy atom. The predicted octanol–water partition coefficient (Wildman–Crippen LogP) is 5.00. The van der Waals surface area contributed by atoms with Gasteiger partial charge in [0.15, 0.2) is 5.13 Å². The van der Waals surface area contributed by atoms with Crippen LogP contribution in [0.1, 0.15) is 38.7 Å². The molecule has 2 N–H and O–H groups in total. The Kier molecular flexibility index (Phi) is 7.63. The van der Waals surface area contributed by atoms with Crippen molar-refractivity contribution in [2.45, 2.75) is 44.8 Å². The number of nitrogens with zero attached hydrogens (tertiary/aromatic N) is 2. The average Bonchev–Trinajstić information content (AvgIpc) is 3.11. The van der Waals surface area contributed by atoms with Crippen LogP contribution in [0.3, 0.4) is 0 Å². The van der Waals surface area contributed by atoms with Gasteiger partial charge in [0.05, 0.1) is 13.3 Å². The minimum Gasteiger partial charge on any atom is -0.497 e. The van der Waals surface area contributed by atoms with Crippen LogP contribution >= 0.6 is 22.9 Å². The lowest BCUT2D eigenvalue weighted by Crippen LogP contribution is -2.53. The minimum atomic E-state index is -0.872. The standard InChI is InChI=1S/C21H25ClF2N4O4S/c1-21(2,3)32-20(30)28-6-5-15(26-18(29)27-19-25-9-16(22)33-19)12(10-28)17-13(23)7-11(31-4)8-14(17)24/h7-9,12,15H,5-6,10H2,1-4H3,(H2,25,26,27,29). The Morgan fingerprint density at radius 1 is 1.27 bits per heavy atom. The molecule has 1 aromatic heterocycles. The second-order valence-electron chi connectivity index (χ2n) is 8.50. The fourth-order valence-corrected chi connectivity index (χ4v) is 4.36. The monoisotopic (exact) mass is 502 g/mol. The number of piperidine rings is 1. The molecule has 1 fully saturated rings. The number of ether oxygens (including phenoxy) is 2. The van der Waals surface area contributed by atoms with E-state index in [0.29, 0.717) is 4.34 Å². The largest absolute Gasteiger partial charge is 0.497 e. The molecule has 2 aromatic rings. The second-order valence-corrected chi connectivity index (χ2v) is 10.2. The number of thiazole rings is 1. The molecule has 8 nitrogen and oxygen atoms in total. The molecule has 180 valence electrons. The Balaban J connectivity index is 1.85. The van der Waals surface area contributed by atoms with Crippen molar-refractivity contribution < 1.29 is 27.8 Å². The molecule has 0 radical (unpaired) electrons. The number of rotatable bonds is 4. The first-order chi connectivity index (χ1) is 15.5. The summed E-state index contributed by atoms with van der Waals surface area (Å²) in [6, 6.07) is 0.867. The topological polar surface area (TPSA) is 92.8 Å². The molecule has 0 saturated carbocycles. The summed E-state index contributed by atoms with van der Waals surface area (Å²) < 4.78 is 40.6. The normalized spacial score (nSPS) is 18.6. The van der Waals surface area contributed by atoms with E-state index in [0.717, 1.165) is 23.5 Å². The van der Waals surface area contributed by atoms with Crippen molar-refractivity contribution in [3.63, 3.8) is 0 Å². The van der Waals surface area contributed by atoms with E-state index in [1.807, 2.05) is 0 Å². The number of carbonyl (C=O) groups is 2. The van der Waals surface area contributed by atoms with E-state index in [1.54, 1.807) is 20.8 Å². The number of carbonyl (C=O) groups excluding carboxylic acids is 2. The van der Waals surface area contributed by atoms with E-state index in [4.69, 9.17) is 21.1 Å². The van der Waals surface area contributed by atoms with Crippen molar-refractivity contribution in [2.24, 2.45) is 0 Å². The van der Waals surface area contributed by atoms with Gasteiger partial charge in [-0.15, -0.1) is 0 Å². The maximum Gasteiger partial charge on any atom is 0.410 e. The zero-order valence-electron chi connectivity index (χ0n) is 18.6. The minimum absolute atomic E-state index is 0.0245. The number of aromatic nitrogens is 1. The first kappa shape index (κ1) is 25.0. The van der Waals surface area contributed by atoms with Crippen molar-refractivity contribution in [3.8, 4) is 5.75 Å². The smallest absolute Gasteiger partial charge is 0.410 e. The molecule has 0 bridgehead atoms. The Labute approximate surface area is 199 Å². The molecule has 1 aliphatic rings. The molecule has 2 atom stereocenters. The van der Waals surface area contributed by atoms with Crippen molar-refractivity contribution in [2.75, 3.05) is 25.5 Å². The summed E-state index contributed by atoms with van der Waals surface area (Å²) in [4.78, 5) is 30.5. The molecule has 2 unspecified atom stereocenters. The summed E-state index contributed by atoms with van der Waals surface area (Å²) in [7, 11) is 1.30. The summed E-state index contributed by atoms with van der Waals surface area (Å²) in [5.41, 5.74) is -0.973. The zero-order valence-corrected chi connectivity index (χ0v) is 20.2. The highest BCUT2D eigenvalue weighted by molar-refractivity contribution is 7.19. The van der Waals surface area contributed by atoms with Crippen LogP contribution in [0.4, 0.5) is 23.5 Å². The van der Waals surface area contributed by atoms with Gasteiger partial charge in [0.25, 0.3) is 0 Å². The number of halogens is 3. The van der Waals surface area contributed by atoms with Crippen LogP contribution in [-0.2, 0) is 4.74 Å². The van der Waals surface area contributed by atoms with Gasteiger partial charge in [-0.2, -0.15) is 0 Å². The molecule has 0 spiro atoms. The van der Waals surface area contributed by atoms with Crippen LogP contribution < -0.4 is 15.4 Å². The fraction of sp³-hybridized carbons (Fsp3) is 0.476. The van der Waals surface area contributed by atoms with E-state index in [1.165, 1.54) is 18.2 Å². The van der Waals surface area contributed by atoms with Crippen LogP contribution in [0.2, 0.25) is 4.34 Å². The molecule has 3 rings (SSSR count). The molecule has 1 aromatic carbocycles. The summed E-state index contributed by atoms with van der Waals surface area (Å²) >= 11 is 6.90. The number of methoxy groups -OCH3 is 1. The van der Waals surface area contributed by atoms with Gasteiger partial charge in [-0.05, 0) is 27.2 Å². The Bertz CT molecular complexity index is 1010. The molecule has 3 amide bonds. The van der Waals surface area contributed by atoms with Crippen molar-refractivity contribution >= 4 is 40.2 Å². The van der Waals surface area contributed by atoms with Gasteiger partial charge >= 0.3 is 12.1 Å². The second kappa shape index (κ2) is 10.1. The van der Waals surface area contributed by atoms with Crippen LogP contribution in [-0.4, -0.2) is 53.9 Å². The van der Waals surface area contributed by atoms with Crippen LogP contribution in [0.25, 0.3) is 0 Å². The molecule has 1 saturated heterocycles.